The molecule has 0 bridgehead atoms. The zero-order valence-electron chi connectivity index (χ0n) is 12.0. The van der Waals surface area contributed by atoms with E-state index in [2.05, 4.69) is 15.0 Å². The highest BCUT2D eigenvalue weighted by molar-refractivity contribution is 7.89. The Labute approximate surface area is 128 Å². The van der Waals surface area contributed by atoms with Crippen LogP contribution in [-0.4, -0.2) is 30.9 Å². The van der Waals surface area contributed by atoms with Crippen molar-refractivity contribution in [3.8, 4) is 0 Å². The smallest absolute Gasteiger partial charge is 0.260 e. The molecule has 1 fully saturated rings. The number of fused-ring (bicyclic) bond motifs is 1. The molecule has 0 unspecified atom stereocenters. The van der Waals surface area contributed by atoms with Crippen LogP contribution in [-0.2, 0) is 10.0 Å². The lowest BCUT2D eigenvalue weighted by atomic mass is 10.2. The summed E-state index contributed by atoms with van der Waals surface area (Å²) in [5, 5.41) is 5.08. The molecular weight excluding hydrogens is 308 g/mol. The Morgan fingerprint density at radius 3 is 3.00 bits per heavy atom. The van der Waals surface area contributed by atoms with Gasteiger partial charge < -0.3 is 5.32 Å². The number of rotatable bonds is 8. The predicted molar refractivity (Wildman–Crippen MR) is 84.4 cm³/mol. The highest BCUT2D eigenvalue weighted by Crippen LogP contribution is 2.33. The molecule has 0 spiro atoms. The summed E-state index contributed by atoms with van der Waals surface area (Å²) in [5.41, 5.74) is 0. The second-order valence-electron chi connectivity index (χ2n) is 5.33. The minimum Gasteiger partial charge on any atom is -0.368 e. The van der Waals surface area contributed by atoms with Crippen molar-refractivity contribution >= 4 is 32.1 Å². The Morgan fingerprint density at radius 2 is 2.29 bits per heavy atom. The van der Waals surface area contributed by atoms with Crippen molar-refractivity contribution in [1.82, 2.24) is 14.1 Å². The van der Waals surface area contributed by atoms with Gasteiger partial charge in [0.15, 0.2) is 15.8 Å². The fraction of sp³-hybridized carbons (Fsp3) is 0.615. The highest BCUT2D eigenvalue weighted by Gasteiger charge is 2.26. The molecule has 116 valence electrons. The lowest BCUT2D eigenvalue weighted by molar-refractivity contribution is 0.568. The molecule has 1 saturated carbocycles. The third-order valence-corrected chi connectivity index (χ3v) is 5.84. The van der Waals surface area contributed by atoms with Gasteiger partial charge in [-0.15, -0.1) is 11.3 Å². The van der Waals surface area contributed by atoms with Crippen molar-refractivity contribution in [2.75, 3.05) is 18.4 Å². The van der Waals surface area contributed by atoms with E-state index >= 15 is 0 Å². The average molecular weight is 328 g/mol. The number of nitrogens with one attached hydrogen (secondary N) is 2. The zero-order chi connectivity index (χ0) is 14.9. The molecule has 1 aliphatic carbocycles. The largest absolute Gasteiger partial charge is 0.368 e. The third kappa shape index (κ3) is 3.22. The van der Waals surface area contributed by atoms with Gasteiger partial charge in [0.2, 0.25) is 0 Å². The first kappa shape index (κ1) is 14.8. The SMILES string of the molecule is CCNc1nc2sccn2c1S(=O)(=O)NCCCC1CC1. The summed E-state index contributed by atoms with van der Waals surface area (Å²) in [6.07, 6.45) is 6.35. The fourth-order valence-electron chi connectivity index (χ4n) is 2.38. The van der Waals surface area contributed by atoms with E-state index < -0.39 is 10.0 Å². The van der Waals surface area contributed by atoms with E-state index in [0.717, 1.165) is 18.8 Å². The fourth-order valence-corrected chi connectivity index (χ4v) is 4.48. The molecule has 0 radical (unpaired) electrons. The molecule has 2 N–H and O–H groups in total. The highest BCUT2D eigenvalue weighted by atomic mass is 32.2. The molecule has 21 heavy (non-hydrogen) atoms. The number of sulfonamides is 1. The van der Waals surface area contributed by atoms with E-state index in [1.165, 1.54) is 24.2 Å². The topological polar surface area (TPSA) is 75.5 Å². The molecule has 0 aliphatic heterocycles. The van der Waals surface area contributed by atoms with Crippen LogP contribution in [0.15, 0.2) is 16.6 Å². The number of nitrogens with zero attached hydrogens (tertiary/aromatic N) is 2. The van der Waals surface area contributed by atoms with Crippen molar-refractivity contribution < 1.29 is 8.42 Å². The average Bonchev–Trinajstić information content (AvgIpc) is 3.03. The quantitative estimate of drug-likeness (QED) is 0.729. The Morgan fingerprint density at radius 1 is 1.48 bits per heavy atom. The molecule has 2 aromatic heterocycles. The lowest BCUT2D eigenvalue weighted by Crippen LogP contribution is -2.26. The van der Waals surface area contributed by atoms with E-state index in [1.807, 2.05) is 12.3 Å². The van der Waals surface area contributed by atoms with Crippen molar-refractivity contribution in [3.05, 3.63) is 11.6 Å². The van der Waals surface area contributed by atoms with Gasteiger partial charge in [0.1, 0.15) is 0 Å². The van der Waals surface area contributed by atoms with Gasteiger partial charge in [-0.1, -0.05) is 12.8 Å². The minimum atomic E-state index is -3.55. The van der Waals surface area contributed by atoms with Gasteiger partial charge in [-0.05, 0) is 25.7 Å². The van der Waals surface area contributed by atoms with Crippen LogP contribution in [0.4, 0.5) is 5.82 Å². The van der Waals surface area contributed by atoms with Gasteiger partial charge in [-0.2, -0.15) is 0 Å². The van der Waals surface area contributed by atoms with E-state index in [1.54, 1.807) is 10.6 Å². The maximum atomic E-state index is 12.6. The molecule has 8 heteroatoms. The van der Waals surface area contributed by atoms with E-state index in [9.17, 15) is 8.42 Å². The van der Waals surface area contributed by atoms with Gasteiger partial charge in [0, 0.05) is 24.7 Å². The molecule has 2 aromatic rings. The molecule has 3 rings (SSSR count). The molecule has 0 saturated heterocycles. The number of hydrogen-bond acceptors (Lipinski definition) is 5. The van der Waals surface area contributed by atoms with E-state index in [0.29, 0.717) is 23.9 Å². The first-order chi connectivity index (χ1) is 10.1. The molecule has 0 aromatic carbocycles. The van der Waals surface area contributed by atoms with Crippen LogP contribution in [0.1, 0.15) is 32.6 Å². The Hall–Kier alpha value is -1.12. The van der Waals surface area contributed by atoms with Crippen LogP contribution < -0.4 is 10.0 Å². The molecule has 0 amide bonds. The monoisotopic (exact) mass is 328 g/mol. The number of hydrogen-bond donors (Lipinski definition) is 2. The molecule has 0 atom stereocenters. The minimum absolute atomic E-state index is 0.215. The first-order valence-electron chi connectivity index (χ1n) is 7.31. The number of thiazole rings is 1. The van der Waals surface area contributed by atoms with Gasteiger partial charge in [-0.3, -0.25) is 4.40 Å². The van der Waals surface area contributed by atoms with Crippen molar-refractivity contribution in [3.63, 3.8) is 0 Å². The van der Waals surface area contributed by atoms with Crippen LogP contribution in [0, 0.1) is 5.92 Å². The molecular formula is C13H20N4O2S2. The number of aromatic nitrogens is 2. The normalized spacial score (nSPS) is 15.7. The Bertz CT molecular complexity index is 716. The summed E-state index contributed by atoms with van der Waals surface area (Å²) in [5.74, 6) is 1.25. The van der Waals surface area contributed by atoms with Crippen LogP contribution in [0.3, 0.4) is 0 Å². The summed E-state index contributed by atoms with van der Waals surface area (Å²) in [7, 11) is -3.55. The van der Waals surface area contributed by atoms with Crippen LogP contribution >= 0.6 is 11.3 Å². The summed E-state index contributed by atoms with van der Waals surface area (Å²) in [6, 6.07) is 0. The second kappa shape index (κ2) is 5.94. The van der Waals surface area contributed by atoms with Gasteiger partial charge >= 0.3 is 0 Å². The number of anilines is 1. The standard InChI is InChI=1S/C13H20N4O2S2/c1-2-14-11-12(17-8-9-20-13(17)16-11)21(18,19)15-7-3-4-10-5-6-10/h8-10,14-15H,2-7H2,1H3. The van der Waals surface area contributed by atoms with E-state index in [-0.39, 0.29) is 5.03 Å². The van der Waals surface area contributed by atoms with E-state index in [4.69, 9.17) is 0 Å². The summed E-state index contributed by atoms with van der Waals surface area (Å²) in [6.45, 7) is 3.05. The first-order valence-corrected chi connectivity index (χ1v) is 9.67. The lowest BCUT2D eigenvalue weighted by Gasteiger charge is -2.08. The maximum Gasteiger partial charge on any atom is 0.260 e. The molecule has 1 aliphatic rings. The summed E-state index contributed by atoms with van der Waals surface area (Å²) < 4.78 is 29.4. The van der Waals surface area contributed by atoms with Gasteiger partial charge in [0.05, 0.1) is 0 Å². The van der Waals surface area contributed by atoms with Crippen LogP contribution in [0.25, 0.3) is 4.96 Å². The van der Waals surface area contributed by atoms with Crippen molar-refractivity contribution in [2.24, 2.45) is 5.92 Å². The van der Waals surface area contributed by atoms with Crippen molar-refractivity contribution in [1.29, 1.82) is 0 Å². The Balaban J connectivity index is 1.78. The molecule has 6 nitrogen and oxygen atoms in total. The summed E-state index contributed by atoms with van der Waals surface area (Å²) in [4.78, 5) is 5.03. The molecule has 2 heterocycles. The third-order valence-electron chi connectivity index (χ3n) is 3.60. The van der Waals surface area contributed by atoms with Crippen LogP contribution in [0.5, 0.6) is 0 Å². The van der Waals surface area contributed by atoms with Crippen molar-refractivity contribution in [2.45, 2.75) is 37.6 Å². The number of imidazole rings is 1. The maximum absolute atomic E-state index is 12.6. The zero-order valence-corrected chi connectivity index (χ0v) is 13.6. The summed E-state index contributed by atoms with van der Waals surface area (Å²) >= 11 is 1.42. The van der Waals surface area contributed by atoms with Gasteiger partial charge in [-0.25, -0.2) is 18.1 Å². The predicted octanol–water partition coefficient (Wildman–Crippen LogP) is 2.30. The van der Waals surface area contributed by atoms with Crippen LogP contribution in [0.2, 0.25) is 0 Å². The second-order valence-corrected chi connectivity index (χ2v) is 7.89. The Kier molecular flexibility index (Phi) is 4.19. The van der Waals surface area contributed by atoms with Gasteiger partial charge in [0.25, 0.3) is 10.0 Å².